The molecule has 0 bridgehead atoms. The third-order valence-electron chi connectivity index (χ3n) is 5.43. The van der Waals surface area contributed by atoms with Crippen molar-refractivity contribution >= 4 is 62.7 Å². The Bertz CT molecular complexity index is 1690. The number of nitrogens with one attached hydrogen (secondary N) is 1. The first-order chi connectivity index (χ1) is 18.4. The number of halogens is 4. The Balaban J connectivity index is 1.47. The van der Waals surface area contributed by atoms with Crippen LogP contribution in [0.25, 0.3) is 11.1 Å². The second kappa shape index (κ2) is 11.6. The van der Waals surface area contributed by atoms with Gasteiger partial charge in [-0.15, -0.1) is 3.89 Å². The third kappa shape index (κ3) is 6.87. The molecule has 14 heteroatoms. The van der Waals surface area contributed by atoms with Crippen molar-refractivity contribution in [2.75, 3.05) is 11.5 Å². The summed E-state index contributed by atoms with van der Waals surface area (Å²) in [7, 11) is -4.93. The maximum Gasteiger partial charge on any atom is 0.332 e. The molecule has 202 valence electrons. The molecule has 0 saturated carbocycles. The maximum absolute atomic E-state index is 13.2. The van der Waals surface area contributed by atoms with Crippen LogP contribution in [0, 0.1) is 0 Å². The highest BCUT2D eigenvalue weighted by molar-refractivity contribution is 7.86. The number of anilines is 2. The van der Waals surface area contributed by atoms with Crippen LogP contribution in [0.5, 0.6) is 5.75 Å². The van der Waals surface area contributed by atoms with Gasteiger partial charge in [0.15, 0.2) is 0 Å². The first-order valence-electron chi connectivity index (χ1n) is 11.0. The van der Waals surface area contributed by atoms with Crippen LogP contribution in [0.4, 0.5) is 15.7 Å². The van der Waals surface area contributed by atoms with Gasteiger partial charge in [-0.05, 0) is 53.6 Å². The molecule has 0 aliphatic carbocycles. The molecular formula is C25H19Cl3FN5O4S. The fraction of sp³-hybridized carbons (Fsp3) is 0.0800. The van der Waals surface area contributed by atoms with Gasteiger partial charge < -0.3 is 21.5 Å². The van der Waals surface area contributed by atoms with E-state index in [0.717, 1.165) is 12.1 Å². The normalized spacial score (nSPS) is 11.3. The standard InChI is InChI=1S/C25H19Cl3FN5O4S/c26-17-6-5-14(10-18(17)27)22-20(33-25(31)34-23(22)30)12-38-21-7-4-13(8-19(21)28)11-32-24(35)15-2-1-3-16(9-15)39(29,36)37/h1-10H,11-12H2,(H,32,35)(H4,30,31,33,34). The molecule has 0 fully saturated rings. The number of carbonyl (C=O) groups is 1. The average molecular weight is 611 g/mol. The summed E-state index contributed by atoms with van der Waals surface area (Å²) in [5.41, 5.74) is 14.0. The number of aromatic nitrogens is 2. The molecule has 0 spiro atoms. The molecule has 1 amide bonds. The van der Waals surface area contributed by atoms with E-state index in [-0.39, 0.29) is 35.5 Å². The van der Waals surface area contributed by atoms with Crippen LogP contribution in [0.2, 0.25) is 15.1 Å². The summed E-state index contributed by atoms with van der Waals surface area (Å²) in [6.45, 7) is 0.00199. The largest absolute Gasteiger partial charge is 0.486 e. The van der Waals surface area contributed by atoms with Gasteiger partial charge in [-0.3, -0.25) is 4.79 Å². The Kier molecular flexibility index (Phi) is 8.45. The Morgan fingerprint density at radius 3 is 2.41 bits per heavy atom. The van der Waals surface area contributed by atoms with Crippen LogP contribution in [0.15, 0.2) is 65.6 Å². The molecular weight excluding hydrogens is 592 g/mol. The first-order valence-corrected chi connectivity index (χ1v) is 13.6. The van der Waals surface area contributed by atoms with E-state index in [1.54, 1.807) is 36.4 Å². The highest BCUT2D eigenvalue weighted by Gasteiger charge is 2.17. The number of benzene rings is 3. The molecule has 4 aromatic rings. The minimum Gasteiger partial charge on any atom is -0.486 e. The van der Waals surface area contributed by atoms with Gasteiger partial charge in [0.1, 0.15) is 18.2 Å². The van der Waals surface area contributed by atoms with Gasteiger partial charge in [-0.1, -0.05) is 53.0 Å². The van der Waals surface area contributed by atoms with Gasteiger partial charge in [0, 0.05) is 17.7 Å². The SMILES string of the molecule is Nc1nc(N)c(-c2ccc(Cl)c(Cl)c2)c(COc2ccc(CNC(=O)c3cccc(S(=O)(=O)F)c3)cc2Cl)n1. The summed E-state index contributed by atoms with van der Waals surface area (Å²) in [6.07, 6.45) is 0. The summed E-state index contributed by atoms with van der Waals surface area (Å²) in [6, 6.07) is 14.5. The quantitative estimate of drug-likeness (QED) is 0.223. The highest BCUT2D eigenvalue weighted by Crippen LogP contribution is 2.34. The number of nitrogen functional groups attached to an aromatic ring is 2. The molecule has 1 heterocycles. The number of nitrogens with zero attached hydrogens (tertiary/aromatic N) is 2. The molecule has 0 radical (unpaired) electrons. The van der Waals surface area contributed by atoms with Crippen molar-refractivity contribution in [3.05, 3.63) is 92.6 Å². The predicted molar refractivity (Wildman–Crippen MR) is 148 cm³/mol. The molecule has 0 atom stereocenters. The van der Waals surface area contributed by atoms with Crippen LogP contribution in [-0.2, 0) is 23.4 Å². The second-order valence-electron chi connectivity index (χ2n) is 8.12. The molecule has 0 saturated heterocycles. The lowest BCUT2D eigenvalue weighted by molar-refractivity contribution is 0.0950. The number of amides is 1. The Morgan fingerprint density at radius 2 is 1.72 bits per heavy atom. The monoisotopic (exact) mass is 609 g/mol. The van der Waals surface area contributed by atoms with Crippen LogP contribution in [0.1, 0.15) is 21.6 Å². The van der Waals surface area contributed by atoms with Crippen molar-refractivity contribution in [2.24, 2.45) is 0 Å². The van der Waals surface area contributed by atoms with Crippen LogP contribution >= 0.6 is 34.8 Å². The van der Waals surface area contributed by atoms with Gasteiger partial charge in [-0.2, -0.15) is 13.4 Å². The van der Waals surface area contributed by atoms with E-state index in [9.17, 15) is 17.1 Å². The smallest absolute Gasteiger partial charge is 0.332 e. The number of rotatable bonds is 8. The average Bonchev–Trinajstić information content (AvgIpc) is 2.88. The zero-order valence-electron chi connectivity index (χ0n) is 19.8. The minimum absolute atomic E-state index is 0.0130. The van der Waals surface area contributed by atoms with Crippen LogP contribution in [0.3, 0.4) is 0 Å². The van der Waals surface area contributed by atoms with E-state index in [4.69, 9.17) is 51.0 Å². The number of ether oxygens (including phenoxy) is 1. The van der Waals surface area contributed by atoms with Crippen molar-refractivity contribution in [3.8, 4) is 16.9 Å². The van der Waals surface area contributed by atoms with E-state index >= 15 is 0 Å². The maximum atomic E-state index is 13.2. The molecule has 3 aromatic carbocycles. The number of nitrogens with two attached hydrogens (primary N) is 2. The first kappa shape index (κ1) is 28.4. The molecule has 4 rings (SSSR count). The number of hydrogen-bond acceptors (Lipinski definition) is 8. The van der Waals surface area contributed by atoms with E-state index in [1.807, 2.05) is 0 Å². The zero-order chi connectivity index (χ0) is 28.3. The molecule has 0 aliphatic heterocycles. The lowest BCUT2D eigenvalue weighted by Crippen LogP contribution is -2.23. The predicted octanol–water partition coefficient (Wildman–Crippen LogP) is 5.44. The Labute approximate surface area is 238 Å². The highest BCUT2D eigenvalue weighted by atomic mass is 35.5. The molecule has 5 N–H and O–H groups in total. The van der Waals surface area contributed by atoms with Crippen LogP contribution < -0.4 is 21.5 Å². The zero-order valence-corrected chi connectivity index (χ0v) is 22.9. The third-order valence-corrected chi connectivity index (χ3v) is 7.28. The molecule has 9 nitrogen and oxygen atoms in total. The number of carbonyl (C=O) groups excluding carboxylic acids is 1. The van der Waals surface area contributed by atoms with Gasteiger partial charge in [0.05, 0.1) is 25.7 Å². The van der Waals surface area contributed by atoms with E-state index in [2.05, 4.69) is 15.3 Å². The minimum atomic E-state index is -4.93. The van der Waals surface area contributed by atoms with Crippen molar-refractivity contribution in [3.63, 3.8) is 0 Å². The van der Waals surface area contributed by atoms with Gasteiger partial charge in [0.25, 0.3) is 5.91 Å². The second-order valence-corrected chi connectivity index (χ2v) is 10.7. The summed E-state index contributed by atoms with van der Waals surface area (Å²) in [5.74, 6) is -0.178. The molecule has 0 unspecified atom stereocenters. The fourth-order valence-electron chi connectivity index (χ4n) is 3.61. The lowest BCUT2D eigenvalue weighted by Gasteiger charge is -2.15. The van der Waals surface area contributed by atoms with Crippen molar-refractivity contribution in [1.29, 1.82) is 0 Å². The van der Waals surface area contributed by atoms with Crippen molar-refractivity contribution < 1.29 is 21.8 Å². The van der Waals surface area contributed by atoms with Crippen molar-refractivity contribution in [2.45, 2.75) is 18.0 Å². The lowest BCUT2D eigenvalue weighted by atomic mass is 10.0. The Hall–Kier alpha value is -3.64. The van der Waals surface area contributed by atoms with Gasteiger partial charge in [0.2, 0.25) is 5.95 Å². The summed E-state index contributed by atoms with van der Waals surface area (Å²) in [4.78, 5) is 20.1. The van der Waals surface area contributed by atoms with E-state index in [1.165, 1.54) is 12.1 Å². The molecule has 39 heavy (non-hydrogen) atoms. The van der Waals surface area contributed by atoms with Gasteiger partial charge in [-0.25, -0.2) is 4.98 Å². The summed E-state index contributed by atoms with van der Waals surface area (Å²) < 4.78 is 41.3. The summed E-state index contributed by atoms with van der Waals surface area (Å²) in [5, 5.41) is 3.57. The van der Waals surface area contributed by atoms with E-state index < -0.39 is 21.0 Å². The summed E-state index contributed by atoms with van der Waals surface area (Å²) >= 11 is 18.6. The fourth-order valence-corrected chi connectivity index (χ4v) is 4.67. The topological polar surface area (TPSA) is 150 Å². The van der Waals surface area contributed by atoms with Gasteiger partial charge >= 0.3 is 10.2 Å². The van der Waals surface area contributed by atoms with E-state index in [0.29, 0.717) is 38.2 Å². The van der Waals surface area contributed by atoms with Crippen molar-refractivity contribution in [1.82, 2.24) is 15.3 Å². The molecule has 0 aliphatic rings. The van der Waals surface area contributed by atoms with Crippen LogP contribution in [-0.4, -0.2) is 24.3 Å². The molecule has 1 aromatic heterocycles. The Morgan fingerprint density at radius 1 is 0.949 bits per heavy atom. The number of hydrogen-bond donors (Lipinski definition) is 3.